The standard InChI is InChI=1S/C20H26N2O5/c1-12(20(25)26)11-21(2)19(24)16-10-17(23)22(14-7-8-14)18(16)13-5-4-6-15(9-13)27-3/h4-6,9,12,14,16,18H,7-8,10-11H2,1-3H3,(H,25,26). The third-order valence-corrected chi connectivity index (χ3v) is 5.40. The SMILES string of the molecule is COc1cccc(C2C(C(=O)N(C)CC(C)C(=O)O)CC(=O)N2C2CC2)c1. The van der Waals surface area contributed by atoms with Crippen molar-refractivity contribution in [2.45, 2.75) is 38.3 Å². The molecule has 0 bridgehead atoms. The quantitative estimate of drug-likeness (QED) is 0.788. The van der Waals surface area contributed by atoms with Crippen LogP contribution in [0.25, 0.3) is 0 Å². The minimum absolute atomic E-state index is 0.0108. The van der Waals surface area contributed by atoms with Crippen LogP contribution in [-0.2, 0) is 14.4 Å². The Morgan fingerprint density at radius 1 is 1.37 bits per heavy atom. The molecule has 2 amide bonds. The van der Waals surface area contributed by atoms with Crippen molar-refractivity contribution in [1.82, 2.24) is 9.80 Å². The van der Waals surface area contributed by atoms with Crippen molar-refractivity contribution in [3.05, 3.63) is 29.8 Å². The average molecular weight is 374 g/mol. The van der Waals surface area contributed by atoms with E-state index in [-0.39, 0.29) is 36.9 Å². The van der Waals surface area contributed by atoms with Crippen LogP contribution in [-0.4, -0.2) is 59.4 Å². The molecule has 3 rings (SSSR count). The number of aliphatic carboxylic acids is 1. The van der Waals surface area contributed by atoms with E-state index in [1.807, 2.05) is 29.2 Å². The first-order valence-corrected chi connectivity index (χ1v) is 9.26. The number of rotatable bonds is 7. The van der Waals surface area contributed by atoms with Gasteiger partial charge in [0.15, 0.2) is 0 Å². The number of hydrogen-bond acceptors (Lipinski definition) is 4. The van der Waals surface area contributed by atoms with Gasteiger partial charge in [-0.25, -0.2) is 0 Å². The highest BCUT2D eigenvalue weighted by atomic mass is 16.5. The van der Waals surface area contributed by atoms with Crippen molar-refractivity contribution in [3.63, 3.8) is 0 Å². The summed E-state index contributed by atoms with van der Waals surface area (Å²) in [4.78, 5) is 40.2. The summed E-state index contributed by atoms with van der Waals surface area (Å²) in [5.74, 6) is -1.64. The van der Waals surface area contributed by atoms with E-state index in [1.54, 1.807) is 21.1 Å². The number of methoxy groups -OCH3 is 1. The highest BCUT2D eigenvalue weighted by Crippen LogP contribution is 2.46. The molecule has 3 unspecified atom stereocenters. The van der Waals surface area contributed by atoms with Crippen LogP contribution in [0.1, 0.15) is 37.8 Å². The van der Waals surface area contributed by atoms with E-state index >= 15 is 0 Å². The number of benzene rings is 1. The number of carboxylic acids is 1. The zero-order valence-electron chi connectivity index (χ0n) is 15.9. The monoisotopic (exact) mass is 374 g/mol. The molecule has 0 radical (unpaired) electrons. The second-order valence-corrected chi connectivity index (χ2v) is 7.52. The number of nitrogens with zero attached hydrogens (tertiary/aromatic N) is 2. The minimum Gasteiger partial charge on any atom is -0.497 e. The summed E-state index contributed by atoms with van der Waals surface area (Å²) in [5, 5.41) is 9.12. The summed E-state index contributed by atoms with van der Waals surface area (Å²) in [6, 6.07) is 7.34. The topological polar surface area (TPSA) is 87.1 Å². The van der Waals surface area contributed by atoms with E-state index < -0.39 is 17.8 Å². The molecule has 1 N–H and O–H groups in total. The van der Waals surface area contributed by atoms with Crippen LogP contribution >= 0.6 is 0 Å². The van der Waals surface area contributed by atoms with Crippen LogP contribution in [0.4, 0.5) is 0 Å². The lowest BCUT2D eigenvalue weighted by atomic mass is 9.92. The maximum Gasteiger partial charge on any atom is 0.308 e. The van der Waals surface area contributed by atoms with E-state index in [9.17, 15) is 14.4 Å². The summed E-state index contributed by atoms with van der Waals surface area (Å²) in [7, 11) is 3.19. The first kappa shape index (κ1) is 19.2. The highest BCUT2D eigenvalue weighted by molar-refractivity contribution is 5.91. The molecule has 1 saturated carbocycles. The molecule has 146 valence electrons. The van der Waals surface area contributed by atoms with Gasteiger partial charge in [-0.15, -0.1) is 0 Å². The van der Waals surface area contributed by atoms with E-state index in [4.69, 9.17) is 9.84 Å². The van der Waals surface area contributed by atoms with Crippen LogP contribution < -0.4 is 4.74 Å². The summed E-state index contributed by atoms with van der Waals surface area (Å²) < 4.78 is 5.31. The fourth-order valence-corrected chi connectivity index (χ4v) is 3.84. The molecule has 0 aromatic heterocycles. The van der Waals surface area contributed by atoms with Crippen molar-refractivity contribution >= 4 is 17.8 Å². The van der Waals surface area contributed by atoms with Crippen LogP contribution in [0.5, 0.6) is 5.75 Å². The maximum atomic E-state index is 13.1. The number of ether oxygens (including phenoxy) is 1. The predicted octanol–water partition coefficient (Wildman–Crippen LogP) is 1.93. The molecule has 1 aromatic carbocycles. The van der Waals surface area contributed by atoms with Gasteiger partial charge in [0.1, 0.15) is 5.75 Å². The van der Waals surface area contributed by atoms with Gasteiger partial charge < -0.3 is 19.6 Å². The van der Waals surface area contributed by atoms with Gasteiger partial charge in [0, 0.05) is 26.1 Å². The molecule has 1 aromatic rings. The lowest BCUT2D eigenvalue weighted by Gasteiger charge is -2.31. The zero-order chi connectivity index (χ0) is 19.7. The highest BCUT2D eigenvalue weighted by Gasteiger charge is 2.50. The number of amides is 2. The molecule has 3 atom stereocenters. The second-order valence-electron chi connectivity index (χ2n) is 7.52. The van der Waals surface area contributed by atoms with E-state index in [1.165, 1.54) is 4.90 Å². The van der Waals surface area contributed by atoms with E-state index in [2.05, 4.69) is 0 Å². The Labute approximate surface area is 158 Å². The van der Waals surface area contributed by atoms with Gasteiger partial charge in [0.2, 0.25) is 11.8 Å². The van der Waals surface area contributed by atoms with Crippen LogP contribution in [0, 0.1) is 11.8 Å². The molecule has 1 heterocycles. The van der Waals surface area contributed by atoms with Gasteiger partial charge in [0.25, 0.3) is 0 Å². The molecule has 1 saturated heterocycles. The fourth-order valence-electron chi connectivity index (χ4n) is 3.84. The molecular formula is C20H26N2O5. The van der Waals surface area contributed by atoms with Gasteiger partial charge in [0.05, 0.1) is 25.0 Å². The number of carbonyl (C=O) groups excluding carboxylic acids is 2. The lowest BCUT2D eigenvalue weighted by Crippen LogP contribution is -2.40. The number of hydrogen-bond donors (Lipinski definition) is 1. The maximum absolute atomic E-state index is 13.1. The van der Waals surface area contributed by atoms with Crippen molar-refractivity contribution in [2.24, 2.45) is 11.8 Å². The Kier molecular flexibility index (Phi) is 5.39. The molecule has 7 heteroatoms. The lowest BCUT2D eigenvalue weighted by molar-refractivity contribution is -0.143. The predicted molar refractivity (Wildman–Crippen MR) is 98.1 cm³/mol. The zero-order valence-corrected chi connectivity index (χ0v) is 15.9. The molecule has 7 nitrogen and oxygen atoms in total. The van der Waals surface area contributed by atoms with E-state index in [0.29, 0.717) is 5.75 Å². The average Bonchev–Trinajstić information content (AvgIpc) is 3.43. The molecule has 0 spiro atoms. The second kappa shape index (κ2) is 7.58. The van der Waals surface area contributed by atoms with Gasteiger partial charge in [-0.1, -0.05) is 19.1 Å². The summed E-state index contributed by atoms with van der Waals surface area (Å²) in [6.07, 6.45) is 2.07. The van der Waals surface area contributed by atoms with Gasteiger partial charge in [-0.2, -0.15) is 0 Å². The first-order valence-electron chi connectivity index (χ1n) is 9.26. The largest absolute Gasteiger partial charge is 0.497 e. The van der Waals surface area contributed by atoms with E-state index in [0.717, 1.165) is 18.4 Å². The Bertz CT molecular complexity index is 746. The Hall–Kier alpha value is -2.57. The summed E-state index contributed by atoms with van der Waals surface area (Å²) >= 11 is 0. The molecular weight excluding hydrogens is 348 g/mol. The summed E-state index contributed by atoms with van der Waals surface area (Å²) in [5.41, 5.74) is 0.880. The Morgan fingerprint density at radius 2 is 2.07 bits per heavy atom. The van der Waals surface area contributed by atoms with Gasteiger partial charge in [-0.05, 0) is 30.5 Å². The van der Waals surface area contributed by atoms with Gasteiger partial charge in [-0.3, -0.25) is 14.4 Å². The number of carboxylic acid groups (broad SMARTS) is 1. The van der Waals surface area contributed by atoms with Gasteiger partial charge >= 0.3 is 5.97 Å². The van der Waals surface area contributed by atoms with Crippen LogP contribution in [0.15, 0.2) is 24.3 Å². The normalized spacial score (nSPS) is 23.2. The Balaban J connectivity index is 1.88. The molecule has 1 aliphatic heterocycles. The summed E-state index contributed by atoms with van der Waals surface area (Å²) in [6.45, 7) is 1.69. The van der Waals surface area contributed by atoms with Crippen molar-refractivity contribution < 1.29 is 24.2 Å². The van der Waals surface area contributed by atoms with Crippen molar-refractivity contribution in [1.29, 1.82) is 0 Å². The fraction of sp³-hybridized carbons (Fsp3) is 0.550. The van der Waals surface area contributed by atoms with Crippen molar-refractivity contribution in [2.75, 3.05) is 20.7 Å². The molecule has 27 heavy (non-hydrogen) atoms. The minimum atomic E-state index is -0.943. The van der Waals surface area contributed by atoms with Crippen LogP contribution in [0.2, 0.25) is 0 Å². The number of carbonyl (C=O) groups is 3. The van der Waals surface area contributed by atoms with Crippen molar-refractivity contribution in [3.8, 4) is 5.75 Å². The third-order valence-electron chi connectivity index (χ3n) is 5.40. The number of likely N-dealkylation sites (tertiary alicyclic amines) is 1. The molecule has 1 aliphatic carbocycles. The smallest absolute Gasteiger partial charge is 0.308 e. The third kappa shape index (κ3) is 3.91. The Morgan fingerprint density at radius 3 is 2.67 bits per heavy atom. The molecule has 2 aliphatic rings. The first-order chi connectivity index (χ1) is 12.8. The molecule has 2 fully saturated rings. The van der Waals surface area contributed by atoms with Crippen LogP contribution in [0.3, 0.4) is 0 Å².